The average Bonchev–Trinajstić information content (AvgIpc) is 1.96. The molecular weight excluding hydrogens is 160 g/mol. The molecule has 0 aliphatic carbocycles. The van der Waals surface area contributed by atoms with Gasteiger partial charge in [0.05, 0.1) is 6.10 Å². The van der Waals surface area contributed by atoms with Gasteiger partial charge in [-0.2, -0.15) is 0 Å². The SMILES string of the molecule is CC(=O)O[C@H](C=CC=O)[C@H](C)O. The van der Waals surface area contributed by atoms with Crippen molar-refractivity contribution in [2.45, 2.75) is 26.1 Å². The van der Waals surface area contributed by atoms with Crippen molar-refractivity contribution in [1.82, 2.24) is 0 Å². The zero-order valence-corrected chi connectivity index (χ0v) is 7.06. The highest BCUT2D eigenvalue weighted by Gasteiger charge is 2.13. The number of hydrogen-bond donors (Lipinski definition) is 1. The largest absolute Gasteiger partial charge is 0.456 e. The molecule has 0 aromatic rings. The quantitative estimate of drug-likeness (QED) is 0.370. The highest BCUT2D eigenvalue weighted by atomic mass is 16.6. The molecule has 4 heteroatoms. The molecule has 0 aliphatic rings. The second-order valence-electron chi connectivity index (χ2n) is 2.34. The summed E-state index contributed by atoms with van der Waals surface area (Å²) in [5.74, 6) is -0.489. The summed E-state index contributed by atoms with van der Waals surface area (Å²) in [7, 11) is 0. The predicted molar refractivity (Wildman–Crippen MR) is 42.4 cm³/mol. The van der Waals surface area contributed by atoms with Crippen LogP contribution in [0.25, 0.3) is 0 Å². The standard InChI is InChI=1S/C8H12O4/c1-6(10)8(4-3-5-9)12-7(2)11/h3-6,8,10H,1-2H3/t6-,8+/m0/s1. The van der Waals surface area contributed by atoms with Gasteiger partial charge in [-0.1, -0.05) is 0 Å². The molecule has 68 valence electrons. The third-order valence-electron chi connectivity index (χ3n) is 1.16. The van der Waals surface area contributed by atoms with Crippen molar-refractivity contribution in [2.75, 3.05) is 0 Å². The first-order valence-corrected chi connectivity index (χ1v) is 3.55. The van der Waals surface area contributed by atoms with Crippen LogP contribution in [0.2, 0.25) is 0 Å². The van der Waals surface area contributed by atoms with E-state index in [4.69, 9.17) is 5.11 Å². The highest BCUT2D eigenvalue weighted by Crippen LogP contribution is 2.00. The molecule has 4 nitrogen and oxygen atoms in total. The Balaban J connectivity index is 4.13. The molecule has 0 amide bonds. The summed E-state index contributed by atoms with van der Waals surface area (Å²) >= 11 is 0. The fourth-order valence-electron chi connectivity index (χ4n) is 0.645. The summed E-state index contributed by atoms with van der Waals surface area (Å²) in [6.45, 7) is 2.72. The van der Waals surface area contributed by atoms with Crippen molar-refractivity contribution < 1.29 is 19.4 Å². The first kappa shape index (κ1) is 10.8. The van der Waals surface area contributed by atoms with Crippen LogP contribution in [-0.2, 0) is 14.3 Å². The predicted octanol–water partition coefficient (Wildman–Crippen LogP) is 0.0540. The summed E-state index contributed by atoms with van der Waals surface area (Å²) in [5, 5.41) is 9.04. The molecule has 0 saturated heterocycles. The molecular formula is C8H12O4. The Morgan fingerprint density at radius 3 is 2.50 bits per heavy atom. The van der Waals surface area contributed by atoms with Crippen molar-refractivity contribution in [3.05, 3.63) is 12.2 Å². The van der Waals surface area contributed by atoms with E-state index in [1.807, 2.05) is 0 Å². The van der Waals surface area contributed by atoms with E-state index in [0.717, 1.165) is 0 Å². The number of aldehydes is 1. The number of ether oxygens (including phenoxy) is 1. The van der Waals surface area contributed by atoms with Gasteiger partial charge in [-0.3, -0.25) is 9.59 Å². The zero-order valence-electron chi connectivity index (χ0n) is 7.06. The molecule has 0 bridgehead atoms. The molecule has 0 radical (unpaired) electrons. The molecule has 0 rings (SSSR count). The van der Waals surface area contributed by atoms with Gasteiger partial charge in [0, 0.05) is 6.92 Å². The third-order valence-corrected chi connectivity index (χ3v) is 1.16. The third kappa shape index (κ3) is 4.62. The van der Waals surface area contributed by atoms with E-state index in [1.54, 1.807) is 0 Å². The van der Waals surface area contributed by atoms with Crippen LogP contribution in [-0.4, -0.2) is 29.6 Å². The number of carbonyl (C=O) groups is 2. The lowest BCUT2D eigenvalue weighted by Crippen LogP contribution is -2.26. The maximum Gasteiger partial charge on any atom is 0.303 e. The maximum absolute atomic E-state index is 10.5. The van der Waals surface area contributed by atoms with Gasteiger partial charge >= 0.3 is 5.97 Å². The monoisotopic (exact) mass is 172 g/mol. The van der Waals surface area contributed by atoms with E-state index in [1.165, 1.54) is 26.0 Å². The molecule has 0 aromatic heterocycles. The van der Waals surface area contributed by atoms with Gasteiger partial charge in [0.15, 0.2) is 0 Å². The Hall–Kier alpha value is -1.16. The molecule has 2 atom stereocenters. The number of allylic oxidation sites excluding steroid dienone is 1. The number of esters is 1. The summed E-state index contributed by atoms with van der Waals surface area (Å²) < 4.78 is 4.68. The van der Waals surface area contributed by atoms with Crippen LogP contribution >= 0.6 is 0 Å². The molecule has 0 unspecified atom stereocenters. The van der Waals surface area contributed by atoms with Crippen LogP contribution < -0.4 is 0 Å². The first-order chi connectivity index (χ1) is 5.57. The van der Waals surface area contributed by atoms with Crippen LogP contribution in [0.15, 0.2) is 12.2 Å². The summed E-state index contributed by atoms with van der Waals surface area (Å²) in [6.07, 6.45) is 1.51. The minimum atomic E-state index is -0.815. The molecule has 0 aromatic carbocycles. The molecule has 0 heterocycles. The van der Waals surface area contributed by atoms with Crippen molar-refractivity contribution in [3.8, 4) is 0 Å². The van der Waals surface area contributed by atoms with E-state index >= 15 is 0 Å². The van der Waals surface area contributed by atoms with Crippen molar-refractivity contribution in [3.63, 3.8) is 0 Å². The van der Waals surface area contributed by atoms with E-state index in [0.29, 0.717) is 6.29 Å². The molecule has 0 spiro atoms. The van der Waals surface area contributed by atoms with Gasteiger partial charge in [0.25, 0.3) is 0 Å². The van der Waals surface area contributed by atoms with Gasteiger partial charge < -0.3 is 9.84 Å². The normalized spacial score (nSPS) is 15.6. The Bertz CT molecular complexity index is 183. The van der Waals surface area contributed by atoms with Crippen LogP contribution in [0.5, 0.6) is 0 Å². The summed E-state index contributed by atoms with van der Waals surface area (Å²) in [4.78, 5) is 20.4. The second-order valence-corrected chi connectivity index (χ2v) is 2.34. The van der Waals surface area contributed by atoms with Gasteiger partial charge in [0.1, 0.15) is 12.4 Å². The maximum atomic E-state index is 10.5. The molecule has 0 aliphatic heterocycles. The van der Waals surface area contributed by atoms with Crippen LogP contribution in [0.3, 0.4) is 0 Å². The Morgan fingerprint density at radius 2 is 2.17 bits per heavy atom. The Kier molecular flexibility index (Phi) is 4.96. The fourth-order valence-corrected chi connectivity index (χ4v) is 0.645. The summed E-state index contributed by atoms with van der Waals surface area (Å²) in [5.41, 5.74) is 0. The zero-order chi connectivity index (χ0) is 9.56. The Morgan fingerprint density at radius 1 is 1.58 bits per heavy atom. The molecule has 12 heavy (non-hydrogen) atoms. The minimum absolute atomic E-state index is 0.489. The number of carbonyl (C=O) groups excluding carboxylic acids is 2. The lowest BCUT2D eigenvalue weighted by molar-refractivity contribution is -0.148. The van der Waals surface area contributed by atoms with Crippen molar-refractivity contribution in [1.29, 1.82) is 0 Å². The fraction of sp³-hybridized carbons (Fsp3) is 0.500. The van der Waals surface area contributed by atoms with Gasteiger partial charge in [-0.05, 0) is 19.1 Å². The Labute approximate surface area is 70.8 Å². The lowest BCUT2D eigenvalue weighted by Gasteiger charge is -2.14. The lowest BCUT2D eigenvalue weighted by atomic mass is 10.2. The molecule has 1 N–H and O–H groups in total. The van der Waals surface area contributed by atoms with Gasteiger partial charge in [-0.25, -0.2) is 0 Å². The first-order valence-electron chi connectivity index (χ1n) is 3.55. The van der Waals surface area contributed by atoms with Crippen molar-refractivity contribution in [2.24, 2.45) is 0 Å². The number of rotatable bonds is 4. The van der Waals surface area contributed by atoms with E-state index < -0.39 is 18.2 Å². The topological polar surface area (TPSA) is 63.6 Å². The number of aliphatic hydroxyl groups is 1. The van der Waals surface area contributed by atoms with Gasteiger partial charge in [0.2, 0.25) is 0 Å². The van der Waals surface area contributed by atoms with E-state index in [9.17, 15) is 9.59 Å². The summed E-state index contributed by atoms with van der Waals surface area (Å²) in [6, 6.07) is 0. The number of aliphatic hydroxyl groups excluding tert-OH is 1. The highest BCUT2D eigenvalue weighted by molar-refractivity contribution is 5.67. The minimum Gasteiger partial charge on any atom is -0.456 e. The molecule has 0 saturated carbocycles. The van der Waals surface area contributed by atoms with Crippen LogP contribution in [0, 0.1) is 0 Å². The van der Waals surface area contributed by atoms with Crippen LogP contribution in [0.4, 0.5) is 0 Å². The second kappa shape index (κ2) is 5.49. The smallest absolute Gasteiger partial charge is 0.303 e. The van der Waals surface area contributed by atoms with E-state index in [2.05, 4.69) is 4.74 Å². The molecule has 0 fully saturated rings. The van der Waals surface area contributed by atoms with E-state index in [-0.39, 0.29) is 0 Å². The van der Waals surface area contributed by atoms with Gasteiger partial charge in [-0.15, -0.1) is 0 Å². The van der Waals surface area contributed by atoms with Crippen LogP contribution in [0.1, 0.15) is 13.8 Å². The average molecular weight is 172 g/mol. The number of hydrogen-bond acceptors (Lipinski definition) is 4. The van der Waals surface area contributed by atoms with Crippen molar-refractivity contribution >= 4 is 12.3 Å².